The number of aromatic nitrogens is 3. The summed E-state index contributed by atoms with van der Waals surface area (Å²) in [4.78, 5) is 36.0. The molecule has 3 aromatic carbocycles. The fourth-order valence-corrected chi connectivity index (χ4v) is 8.01. The Morgan fingerprint density at radius 2 is 1.24 bits per heavy atom. The molecule has 6 N–H and O–H groups in total. The van der Waals surface area contributed by atoms with Crippen LogP contribution in [0.1, 0.15) is 11.1 Å². The van der Waals surface area contributed by atoms with Crippen molar-refractivity contribution in [3.05, 3.63) is 94.4 Å². The summed E-state index contributed by atoms with van der Waals surface area (Å²) in [6.07, 6.45) is 12.2. The number of hydrogen-bond acceptors (Lipinski definition) is 9. The molecule has 0 radical (unpaired) electrons. The zero-order valence-electron chi connectivity index (χ0n) is 29.2. The molecule has 0 bridgehead atoms. The van der Waals surface area contributed by atoms with Crippen LogP contribution < -0.4 is 11.5 Å². The van der Waals surface area contributed by atoms with Crippen molar-refractivity contribution in [1.29, 1.82) is 0 Å². The van der Waals surface area contributed by atoms with Crippen LogP contribution in [0.15, 0.2) is 87.9 Å². The van der Waals surface area contributed by atoms with Gasteiger partial charge in [0.15, 0.2) is 0 Å². The molecule has 2 atom stereocenters. The molecule has 0 amide bonds. The van der Waals surface area contributed by atoms with Crippen molar-refractivity contribution >= 4 is 85.6 Å². The molecule has 0 aliphatic rings. The zero-order chi connectivity index (χ0) is 37.6. The number of nitro groups is 1. The first-order valence-electron chi connectivity index (χ1n) is 15.7. The summed E-state index contributed by atoms with van der Waals surface area (Å²) in [6.45, 7) is 0. The zero-order valence-corrected chi connectivity index (χ0v) is 31.6. The van der Waals surface area contributed by atoms with E-state index in [-0.39, 0.29) is 12.1 Å². The first-order chi connectivity index (χ1) is 24.2. The third-order valence-corrected chi connectivity index (χ3v) is 10.7. The van der Waals surface area contributed by atoms with Crippen LogP contribution in [-0.2, 0) is 43.6 Å². The van der Waals surface area contributed by atoms with E-state index in [1.165, 1.54) is 38.5 Å². The van der Waals surface area contributed by atoms with Crippen molar-refractivity contribution in [3.8, 4) is 0 Å². The van der Waals surface area contributed by atoms with E-state index in [1.807, 2.05) is 42.5 Å². The maximum absolute atomic E-state index is 11.2. The summed E-state index contributed by atoms with van der Waals surface area (Å²) >= 11 is 4.96. The molecule has 0 fully saturated rings. The van der Waals surface area contributed by atoms with Crippen LogP contribution in [0.5, 0.6) is 0 Å². The highest BCUT2D eigenvalue weighted by Crippen LogP contribution is 2.37. The number of carboxylic acids is 2. The summed E-state index contributed by atoms with van der Waals surface area (Å²) in [5, 5.41) is 31.9. The number of rotatable bonds is 10. The molecule has 0 saturated carbocycles. The monoisotopic (exact) mass is 750 g/mol. The van der Waals surface area contributed by atoms with E-state index in [9.17, 15) is 19.7 Å². The average Bonchev–Trinajstić information content (AvgIpc) is 3.76. The smallest absolute Gasteiger partial charge is 0.320 e. The largest absolute Gasteiger partial charge is 0.480 e. The first kappa shape index (κ1) is 39.4. The number of hydrogen-bond donors (Lipinski definition) is 4. The Bertz CT molecular complexity index is 2210. The Kier molecular flexibility index (Phi) is 13.3. The van der Waals surface area contributed by atoms with Gasteiger partial charge in [-0.1, -0.05) is 24.3 Å². The number of thioether (sulfide) groups is 3. The van der Waals surface area contributed by atoms with E-state index in [0.29, 0.717) is 17.4 Å². The van der Waals surface area contributed by atoms with Crippen molar-refractivity contribution in [2.24, 2.45) is 32.6 Å². The molecule has 2 unspecified atom stereocenters. The van der Waals surface area contributed by atoms with Crippen LogP contribution >= 0.6 is 35.3 Å². The standard InChI is InChI=1S/C13H15N3O4S.C13H16N2O2S.C10H11NS/c1-15-6-7(5-8(14)13(17)18)11-9(16(19)20)3-4-10(21-2)12(11)15;1-15-7-8(6-10(14)13(16)17)9-4-3-5-11(18-2)12(9)15;1-11-7-6-8-4-3-5-9(12-2)10(8)11/h3-4,6,8H,5,14H2,1-2H3,(H,17,18);3-5,7,10H,6,14H2,1-2H3,(H,16,17);3-7H,1-2H3. The van der Waals surface area contributed by atoms with Crippen LogP contribution in [0.3, 0.4) is 0 Å². The van der Waals surface area contributed by atoms with Gasteiger partial charge >= 0.3 is 11.9 Å². The molecule has 0 aliphatic heterocycles. The number of benzene rings is 3. The van der Waals surface area contributed by atoms with Crippen molar-refractivity contribution in [2.45, 2.75) is 39.6 Å². The van der Waals surface area contributed by atoms with Gasteiger partial charge in [-0.05, 0) is 54.2 Å². The van der Waals surface area contributed by atoms with E-state index in [4.69, 9.17) is 21.7 Å². The van der Waals surface area contributed by atoms with E-state index in [2.05, 4.69) is 54.4 Å². The topological polar surface area (TPSA) is 185 Å². The summed E-state index contributed by atoms with van der Waals surface area (Å²) in [5.74, 6) is -2.09. The highest BCUT2D eigenvalue weighted by atomic mass is 32.2. The third kappa shape index (κ3) is 8.73. The maximum atomic E-state index is 11.2. The lowest BCUT2D eigenvalue weighted by molar-refractivity contribution is -0.383. The van der Waals surface area contributed by atoms with Gasteiger partial charge in [0.2, 0.25) is 0 Å². The second kappa shape index (κ2) is 17.2. The van der Waals surface area contributed by atoms with E-state index < -0.39 is 28.9 Å². The Hall–Kier alpha value is -4.41. The average molecular weight is 751 g/mol. The van der Waals surface area contributed by atoms with Gasteiger partial charge < -0.3 is 35.4 Å². The number of nitro benzene ring substituents is 1. The molecule has 15 heteroatoms. The fourth-order valence-electron chi connectivity index (χ4n) is 6.03. The number of carbonyl (C=O) groups is 2. The Labute approximate surface area is 308 Å². The van der Waals surface area contributed by atoms with Crippen LogP contribution in [0, 0.1) is 10.1 Å². The molecule has 270 valence electrons. The molecule has 6 aromatic rings. The number of non-ortho nitro benzene ring substituents is 1. The molecule has 3 aromatic heterocycles. The van der Waals surface area contributed by atoms with Gasteiger partial charge in [-0.15, -0.1) is 35.3 Å². The van der Waals surface area contributed by atoms with Crippen molar-refractivity contribution in [1.82, 2.24) is 13.7 Å². The number of aliphatic carboxylic acids is 2. The van der Waals surface area contributed by atoms with Gasteiger partial charge in [0.25, 0.3) is 5.69 Å². The number of fused-ring (bicyclic) bond motifs is 3. The maximum Gasteiger partial charge on any atom is 0.320 e. The lowest BCUT2D eigenvalue weighted by atomic mass is 10.0. The van der Waals surface area contributed by atoms with E-state index in [1.54, 1.807) is 47.4 Å². The second-order valence-electron chi connectivity index (χ2n) is 11.8. The van der Waals surface area contributed by atoms with Gasteiger partial charge in [0, 0.05) is 84.1 Å². The summed E-state index contributed by atoms with van der Waals surface area (Å²) in [5.41, 5.74) is 15.9. The van der Waals surface area contributed by atoms with Crippen LogP contribution in [0.4, 0.5) is 5.69 Å². The number of carboxylic acid groups (broad SMARTS) is 2. The second-order valence-corrected chi connectivity index (χ2v) is 14.3. The molecule has 0 aliphatic carbocycles. The van der Waals surface area contributed by atoms with Gasteiger partial charge in [0.1, 0.15) is 12.1 Å². The molecule has 0 saturated heterocycles. The minimum atomic E-state index is -1.13. The number of nitrogens with zero attached hydrogens (tertiary/aromatic N) is 4. The van der Waals surface area contributed by atoms with Crippen LogP contribution in [0.2, 0.25) is 0 Å². The number of para-hydroxylation sites is 2. The predicted octanol–water partition coefficient (Wildman–Crippen LogP) is 6.52. The minimum absolute atomic E-state index is 0.0315. The molecule has 12 nitrogen and oxygen atoms in total. The van der Waals surface area contributed by atoms with E-state index in [0.717, 1.165) is 26.9 Å². The van der Waals surface area contributed by atoms with Crippen LogP contribution in [0.25, 0.3) is 32.7 Å². The molecular weight excluding hydrogens is 709 g/mol. The summed E-state index contributed by atoms with van der Waals surface area (Å²) < 4.78 is 5.98. The Morgan fingerprint density at radius 1 is 0.725 bits per heavy atom. The predicted molar refractivity (Wildman–Crippen MR) is 209 cm³/mol. The molecule has 51 heavy (non-hydrogen) atoms. The molecular formula is C36H42N6O6S3. The van der Waals surface area contributed by atoms with Gasteiger partial charge in [-0.25, -0.2) is 0 Å². The lowest BCUT2D eigenvalue weighted by Gasteiger charge is -2.06. The van der Waals surface area contributed by atoms with Gasteiger partial charge in [0.05, 0.1) is 26.9 Å². The molecule has 6 rings (SSSR count). The van der Waals surface area contributed by atoms with E-state index >= 15 is 0 Å². The van der Waals surface area contributed by atoms with Gasteiger partial charge in [-0.3, -0.25) is 19.7 Å². The third-order valence-electron chi connectivity index (χ3n) is 8.42. The quantitative estimate of drug-likeness (QED) is 0.0679. The summed E-state index contributed by atoms with van der Waals surface area (Å²) in [7, 11) is 5.83. The highest BCUT2D eigenvalue weighted by Gasteiger charge is 2.24. The highest BCUT2D eigenvalue weighted by molar-refractivity contribution is 7.99. The first-order valence-corrected chi connectivity index (χ1v) is 19.4. The van der Waals surface area contributed by atoms with Crippen molar-refractivity contribution in [3.63, 3.8) is 0 Å². The Morgan fingerprint density at radius 3 is 1.80 bits per heavy atom. The molecule has 3 heterocycles. The van der Waals surface area contributed by atoms with Crippen molar-refractivity contribution < 1.29 is 24.7 Å². The normalized spacial score (nSPS) is 12.2. The SMILES string of the molecule is CSc1ccc([N+](=O)[O-])c2c(CC(N)C(=O)O)cn(C)c12.CSc1cccc2c(CC(N)C(=O)O)cn(C)c12.CSc1cccc2ccn(C)c12. The van der Waals surface area contributed by atoms with Gasteiger partial charge in [-0.2, -0.15) is 0 Å². The van der Waals surface area contributed by atoms with Crippen LogP contribution in [-0.4, -0.2) is 71.6 Å². The minimum Gasteiger partial charge on any atom is -0.480 e. The Balaban J connectivity index is 0.000000177. The number of nitrogens with two attached hydrogens (primary N) is 2. The fraction of sp³-hybridized carbons (Fsp3) is 0.278. The summed E-state index contributed by atoms with van der Waals surface area (Å²) in [6, 6.07) is 15.8. The lowest BCUT2D eigenvalue weighted by Crippen LogP contribution is -2.32. The van der Waals surface area contributed by atoms with Crippen molar-refractivity contribution in [2.75, 3.05) is 18.8 Å². The molecule has 0 spiro atoms. The number of aryl methyl sites for hydroxylation is 3.